The van der Waals surface area contributed by atoms with Crippen LogP contribution in [0, 0.1) is 0 Å². The van der Waals surface area contributed by atoms with Crippen LogP contribution in [-0.2, 0) is 6.54 Å². The number of unbranched alkanes of at least 4 members (excludes halogenated alkanes) is 2. The summed E-state index contributed by atoms with van der Waals surface area (Å²) < 4.78 is 1.91. The molecule has 0 aliphatic carbocycles. The third kappa shape index (κ3) is 5.17. The summed E-state index contributed by atoms with van der Waals surface area (Å²) in [6.07, 6.45) is 7.16. The predicted octanol–water partition coefficient (Wildman–Crippen LogP) is 5.20. The van der Waals surface area contributed by atoms with Gasteiger partial charge < -0.3 is 15.5 Å². The number of amidine groups is 1. The summed E-state index contributed by atoms with van der Waals surface area (Å²) in [4.78, 5) is 16.2. The Hall–Kier alpha value is -3.12. The van der Waals surface area contributed by atoms with Crippen molar-refractivity contribution in [1.82, 2.24) is 9.47 Å². The van der Waals surface area contributed by atoms with Crippen LogP contribution in [-0.4, -0.2) is 39.1 Å². The van der Waals surface area contributed by atoms with Gasteiger partial charge in [-0.05, 0) is 75.2 Å². The first kappa shape index (κ1) is 24.0. The molecular weight excluding hydrogens is 424 g/mol. The van der Waals surface area contributed by atoms with E-state index in [2.05, 4.69) is 23.9 Å². The number of nitrogens with two attached hydrogens (primary N) is 1. The van der Waals surface area contributed by atoms with Gasteiger partial charge in [-0.1, -0.05) is 54.4 Å². The molecule has 0 bridgehead atoms. The first-order chi connectivity index (χ1) is 16.5. The molecule has 3 aromatic rings. The summed E-state index contributed by atoms with van der Waals surface area (Å²) in [5.74, 6) is 0.0281. The molecule has 2 heterocycles. The van der Waals surface area contributed by atoms with Gasteiger partial charge in [0, 0.05) is 29.8 Å². The van der Waals surface area contributed by atoms with Gasteiger partial charge in [0.1, 0.15) is 0 Å². The Morgan fingerprint density at radius 2 is 1.74 bits per heavy atom. The molecule has 1 aliphatic heterocycles. The monoisotopic (exact) mass is 460 g/mol. The number of nitrogens with zero attached hydrogens (tertiary/aromatic N) is 3. The van der Waals surface area contributed by atoms with E-state index < -0.39 is 0 Å². The van der Waals surface area contributed by atoms with Crippen molar-refractivity contribution in [3.8, 4) is 11.1 Å². The Morgan fingerprint density at radius 1 is 1.00 bits per heavy atom. The number of oxime groups is 1. The van der Waals surface area contributed by atoms with Gasteiger partial charge in [-0.2, -0.15) is 0 Å². The normalized spacial score (nSPS) is 19.5. The van der Waals surface area contributed by atoms with Crippen molar-refractivity contribution in [3.05, 3.63) is 70.5 Å². The zero-order valence-electron chi connectivity index (χ0n) is 20.3. The van der Waals surface area contributed by atoms with E-state index >= 15 is 0 Å². The largest absolute Gasteiger partial charge is 0.409 e. The van der Waals surface area contributed by atoms with E-state index in [-0.39, 0.29) is 11.4 Å². The number of piperidine rings is 1. The van der Waals surface area contributed by atoms with Crippen molar-refractivity contribution >= 4 is 16.7 Å². The number of pyridine rings is 1. The number of rotatable bonds is 8. The number of aryl methyl sites for hydroxylation is 1. The second-order valence-corrected chi connectivity index (χ2v) is 9.57. The molecule has 4 rings (SSSR count). The number of fused-ring (bicyclic) bond motifs is 1. The minimum absolute atomic E-state index is 0.00589. The number of aromatic nitrogens is 1. The van der Waals surface area contributed by atoms with Crippen molar-refractivity contribution < 1.29 is 5.21 Å². The highest BCUT2D eigenvalue weighted by Crippen LogP contribution is 2.24. The van der Waals surface area contributed by atoms with Gasteiger partial charge in [0.2, 0.25) is 0 Å². The van der Waals surface area contributed by atoms with Crippen LogP contribution in [0.5, 0.6) is 0 Å². The van der Waals surface area contributed by atoms with E-state index in [1.807, 2.05) is 47.0 Å². The van der Waals surface area contributed by atoms with E-state index in [1.165, 1.54) is 19.3 Å². The van der Waals surface area contributed by atoms with Gasteiger partial charge in [0.25, 0.3) is 5.56 Å². The fourth-order valence-electron chi connectivity index (χ4n) is 5.32. The average Bonchev–Trinajstić information content (AvgIpc) is 2.85. The third-order valence-electron chi connectivity index (χ3n) is 7.25. The summed E-state index contributed by atoms with van der Waals surface area (Å²) in [6.45, 7) is 6.53. The van der Waals surface area contributed by atoms with Gasteiger partial charge in [-0.25, -0.2) is 0 Å². The maximum absolute atomic E-state index is 13.6. The standard InChI is InChI=1S/C28H36N4O2/c1-20-10-8-11-21(2)31(20)16-6-3-7-17-32-26-15-5-4-12-23(26)19-25(28(32)33)22-13-9-14-24(18-22)27(29)30-34/h4-5,9,12-15,18-21,34H,3,6-8,10-11,16-17H2,1-2H3,(H2,29,30)/t20-,21+. The molecule has 2 aromatic carbocycles. The van der Waals surface area contributed by atoms with Crippen molar-refractivity contribution in [2.24, 2.45) is 10.9 Å². The number of hydrogen-bond donors (Lipinski definition) is 2. The van der Waals surface area contributed by atoms with Crippen molar-refractivity contribution in [3.63, 3.8) is 0 Å². The van der Waals surface area contributed by atoms with Crippen LogP contribution >= 0.6 is 0 Å². The number of benzene rings is 2. The highest BCUT2D eigenvalue weighted by atomic mass is 16.4. The van der Waals surface area contributed by atoms with E-state index in [1.54, 1.807) is 12.1 Å². The minimum atomic E-state index is -0.00589. The minimum Gasteiger partial charge on any atom is -0.409 e. The van der Waals surface area contributed by atoms with Crippen LogP contribution < -0.4 is 11.3 Å². The highest BCUT2D eigenvalue weighted by molar-refractivity contribution is 5.98. The Bertz CT molecular complexity index is 1210. The number of hydrogen-bond acceptors (Lipinski definition) is 4. The van der Waals surface area contributed by atoms with Crippen molar-refractivity contribution in [2.75, 3.05) is 6.54 Å². The van der Waals surface area contributed by atoms with Crippen LogP contribution in [0.2, 0.25) is 0 Å². The molecule has 6 nitrogen and oxygen atoms in total. The van der Waals surface area contributed by atoms with Crippen LogP contribution in [0.15, 0.2) is 64.5 Å². The van der Waals surface area contributed by atoms with Crippen LogP contribution in [0.1, 0.15) is 57.9 Å². The van der Waals surface area contributed by atoms with Gasteiger partial charge >= 0.3 is 0 Å². The van der Waals surface area contributed by atoms with E-state index in [0.29, 0.717) is 29.8 Å². The zero-order valence-corrected chi connectivity index (χ0v) is 20.3. The maximum Gasteiger partial charge on any atom is 0.258 e. The first-order valence-corrected chi connectivity index (χ1v) is 12.5. The number of likely N-dealkylation sites (tertiary alicyclic amines) is 1. The van der Waals surface area contributed by atoms with Gasteiger partial charge in [0.05, 0.1) is 5.52 Å². The molecule has 3 N–H and O–H groups in total. The lowest BCUT2D eigenvalue weighted by Gasteiger charge is -2.39. The lowest BCUT2D eigenvalue weighted by Crippen LogP contribution is -2.44. The molecule has 1 fully saturated rings. The van der Waals surface area contributed by atoms with Crippen LogP contribution in [0.4, 0.5) is 0 Å². The molecule has 0 amide bonds. The molecule has 0 saturated carbocycles. The SMILES string of the molecule is C[C@@H]1CCC[C@H](C)N1CCCCCn1c(=O)c(-c2cccc(C(N)=NO)c2)cc2ccccc21. The maximum atomic E-state index is 13.6. The summed E-state index contributed by atoms with van der Waals surface area (Å²) >= 11 is 0. The average molecular weight is 461 g/mol. The summed E-state index contributed by atoms with van der Waals surface area (Å²) in [5.41, 5.74) is 8.71. The Morgan fingerprint density at radius 3 is 2.50 bits per heavy atom. The first-order valence-electron chi connectivity index (χ1n) is 12.5. The summed E-state index contributed by atoms with van der Waals surface area (Å²) in [5, 5.41) is 13.2. The second-order valence-electron chi connectivity index (χ2n) is 9.57. The van der Waals surface area contributed by atoms with Gasteiger partial charge in [-0.3, -0.25) is 9.69 Å². The molecule has 0 spiro atoms. The fourth-order valence-corrected chi connectivity index (χ4v) is 5.32. The summed E-state index contributed by atoms with van der Waals surface area (Å²) in [6, 6.07) is 18.6. The zero-order chi connectivity index (χ0) is 24.1. The molecular formula is C28H36N4O2. The molecule has 1 aromatic heterocycles. The van der Waals surface area contributed by atoms with Crippen molar-refractivity contribution in [1.29, 1.82) is 0 Å². The predicted molar refractivity (Wildman–Crippen MR) is 139 cm³/mol. The highest BCUT2D eigenvalue weighted by Gasteiger charge is 2.23. The topological polar surface area (TPSA) is 83.9 Å². The fraction of sp³-hybridized carbons (Fsp3) is 0.429. The van der Waals surface area contributed by atoms with Crippen LogP contribution in [0.25, 0.3) is 22.0 Å². The molecule has 1 saturated heterocycles. The summed E-state index contributed by atoms with van der Waals surface area (Å²) in [7, 11) is 0. The van der Waals surface area contributed by atoms with E-state index in [9.17, 15) is 4.79 Å². The molecule has 34 heavy (non-hydrogen) atoms. The Balaban J connectivity index is 1.53. The third-order valence-corrected chi connectivity index (χ3v) is 7.25. The smallest absolute Gasteiger partial charge is 0.258 e. The van der Waals surface area contributed by atoms with Crippen LogP contribution in [0.3, 0.4) is 0 Å². The van der Waals surface area contributed by atoms with Gasteiger partial charge in [0.15, 0.2) is 5.84 Å². The molecule has 1 aliphatic rings. The Labute approximate surface area is 201 Å². The quantitative estimate of drug-likeness (QED) is 0.159. The lowest BCUT2D eigenvalue weighted by atomic mass is 9.97. The van der Waals surface area contributed by atoms with E-state index in [0.717, 1.165) is 42.3 Å². The van der Waals surface area contributed by atoms with Crippen molar-refractivity contribution in [2.45, 2.75) is 71.0 Å². The second kappa shape index (κ2) is 10.9. The molecule has 0 unspecified atom stereocenters. The molecule has 2 atom stereocenters. The Kier molecular flexibility index (Phi) is 7.68. The van der Waals surface area contributed by atoms with E-state index in [4.69, 9.17) is 10.9 Å². The lowest BCUT2D eigenvalue weighted by molar-refractivity contribution is 0.101. The van der Waals surface area contributed by atoms with Gasteiger partial charge in [-0.15, -0.1) is 0 Å². The number of para-hydroxylation sites is 1. The molecule has 6 heteroatoms. The molecule has 0 radical (unpaired) electrons. The molecule has 180 valence electrons.